The summed E-state index contributed by atoms with van der Waals surface area (Å²) in [6.45, 7) is 1.99. The molecule has 0 atom stereocenters. The lowest BCUT2D eigenvalue weighted by Crippen LogP contribution is -2.33. The highest BCUT2D eigenvalue weighted by Gasteiger charge is 2.02. The number of anilines is 2. The Labute approximate surface area is 116 Å². The molecule has 0 unspecified atom stereocenters. The van der Waals surface area contributed by atoms with E-state index in [1.165, 1.54) is 0 Å². The van der Waals surface area contributed by atoms with Gasteiger partial charge < -0.3 is 5.32 Å². The third-order valence-electron chi connectivity index (χ3n) is 2.49. The number of halogens is 1. The molecule has 0 heterocycles. The molecule has 2 rings (SSSR count). The van der Waals surface area contributed by atoms with Crippen LogP contribution < -0.4 is 16.2 Å². The molecule has 5 heteroatoms. The highest BCUT2D eigenvalue weighted by atomic mass is 35.5. The fourth-order valence-electron chi connectivity index (χ4n) is 1.49. The number of rotatable bonds is 3. The number of benzene rings is 2. The summed E-state index contributed by atoms with van der Waals surface area (Å²) in [5.41, 5.74) is 7.78. The number of hydrogen-bond acceptors (Lipinski definition) is 2. The molecule has 0 saturated carbocycles. The smallest absolute Gasteiger partial charge is 0.307 e. The van der Waals surface area contributed by atoms with Crippen LogP contribution in [0.25, 0.3) is 0 Å². The van der Waals surface area contributed by atoms with Gasteiger partial charge in [-0.25, -0.2) is 4.79 Å². The summed E-state index contributed by atoms with van der Waals surface area (Å²) in [6, 6.07) is 14.3. The molecule has 19 heavy (non-hydrogen) atoms. The second-order valence-corrected chi connectivity index (χ2v) is 4.46. The third-order valence-corrected chi connectivity index (χ3v) is 2.82. The van der Waals surface area contributed by atoms with Crippen molar-refractivity contribution in [3.8, 4) is 0 Å². The third kappa shape index (κ3) is 3.89. The van der Waals surface area contributed by atoms with Gasteiger partial charge in [0.15, 0.2) is 0 Å². The second-order valence-electron chi connectivity index (χ2n) is 4.05. The molecule has 98 valence electrons. The van der Waals surface area contributed by atoms with Crippen molar-refractivity contribution in [1.82, 2.24) is 5.43 Å². The van der Waals surface area contributed by atoms with E-state index in [0.717, 1.165) is 11.3 Å². The Morgan fingerprint density at radius 2 is 1.74 bits per heavy atom. The minimum atomic E-state index is -0.358. The van der Waals surface area contributed by atoms with E-state index in [1.54, 1.807) is 12.1 Å². The van der Waals surface area contributed by atoms with E-state index in [2.05, 4.69) is 16.2 Å². The van der Waals surface area contributed by atoms with Crippen LogP contribution in [0.15, 0.2) is 48.5 Å². The van der Waals surface area contributed by atoms with Crippen LogP contribution in [0.4, 0.5) is 16.2 Å². The minimum Gasteiger partial charge on any atom is -0.307 e. The van der Waals surface area contributed by atoms with Gasteiger partial charge in [-0.3, -0.25) is 10.9 Å². The first-order valence-electron chi connectivity index (χ1n) is 5.79. The normalized spacial score (nSPS) is 9.79. The second kappa shape index (κ2) is 6.11. The monoisotopic (exact) mass is 275 g/mol. The number of para-hydroxylation sites is 1. The zero-order chi connectivity index (χ0) is 13.7. The Hall–Kier alpha value is -2.20. The largest absolute Gasteiger partial charge is 0.337 e. The first-order chi connectivity index (χ1) is 9.15. The van der Waals surface area contributed by atoms with E-state index in [0.29, 0.717) is 10.7 Å². The van der Waals surface area contributed by atoms with E-state index in [1.807, 2.05) is 43.3 Å². The van der Waals surface area contributed by atoms with Gasteiger partial charge >= 0.3 is 6.03 Å². The van der Waals surface area contributed by atoms with Crippen molar-refractivity contribution in [1.29, 1.82) is 0 Å². The van der Waals surface area contributed by atoms with Crippen LogP contribution in [0.1, 0.15) is 5.56 Å². The molecule has 0 aliphatic carbocycles. The van der Waals surface area contributed by atoms with E-state index < -0.39 is 0 Å². The van der Waals surface area contributed by atoms with Crippen molar-refractivity contribution in [2.75, 3.05) is 10.7 Å². The van der Waals surface area contributed by atoms with Gasteiger partial charge in [0, 0.05) is 5.69 Å². The molecule has 0 saturated heterocycles. The van der Waals surface area contributed by atoms with E-state index >= 15 is 0 Å². The van der Waals surface area contributed by atoms with Crippen molar-refractivity contribution in [3.63, 3.8) is 0 Å². The Balaban J connectivity index is 1.88. The van der Waals surface area contributed by atoms with Crippen LogP contribution in [0, 0.1) is 6.92 Å². The summed E-state index contributed by atoms with van der Waals surface area (Å²) in [5, 5.41) is 3.24. The van der Waals surface area contributed by atoms with E-state index in [9.17, 15) is 4.79 Å². The molecular formula is C14H14ClN3O. The van der Waals surface area contributed by atoms with E-state index in [4.69, 9.17) is 11.6 Å². The van der Waals surface area contributed by atoms with Crippen LogP contribution in [-0.2, 0) is 0 Å². The summed E-state index contributed by atoms with van der Waals surface area (Å²) < 4.78 is 0. The van der Waals surface area contributed by atoms with Gasteiger partial charge in [-0.2, -0.15) is 0 Å². The number of urea groups is 1. The fraction of sp³-hybridized carbons (Fsp3) is 0.0714. The average Bonchev–Trinajstić information content (AvgIpc) is 2.40. The summed E-state index contributed by atoms with van der Waals surface area (Å²) in [6.07, 6.45) is 0. The molecule has 0 aliphatic rings. The van der Waals surface area contributed by atoms with Crippen LogP contribution in [0.2, 0.25) is 5.02 Å². The number of amides is 2. The van der Waals surface area contributed by atoms with Gasteiger partial charge in [0.2, 0.25) is 0 Å². The SMILES string of the molecule is Cc1ccc(NC(=O)NNc2ccccc2Cl)cc1. The van der Waals surface area contributed by atoms with Crippen molar-refractivity contribution >= 4 is 29.0 Å². The number of hydrogen-bond donors (Lipinski definition) is 3. The predicted molar refractivity (Wildman–Crippen MR) is 78.4 cm³/mol. The highest BCUT2D eigenvalue weighted by Crippen LogP contribution is 2.19. The maximum absolute atomic E-state index is 11.7. The number of aryl methyl sites for hydroxylation is 1. The van der Waals surface area contributed by atoms with Crippen LogP contribution in [0.3, 0.4) is 0 Å². The number of nitrogens with one attached hydrogen (secondary N) is 3. The number of carbonyl (C=O) groups is 1. The zero-order valence-corrected chi connectivity index (χ0v) is 11.2. The molecule has 2 amide bonds. The van der Waals surface area contributed by atoms with Crippen molar-refractivity contribution in [2.24, 2.45) is 0 Å². The van der Waals surface area contributed by atoms with Gasteiger partial charge in [0.25, 0.3) is 0 Å². The lowest BCUT2D eigenvalue weighted by atomic mass is 10.2. The minimum absolute atomic E-state index is 0.358. The van der Waals surface area contributed by atoms with Gasteiger partial charge in [-0.1, -0.05) is 41.4 Å². The van der Waals surface area contributed by atoms with Crippen LogP contribution in [0.5, 0.6) is 0 Å². The zero-order valence-electron chi connectivity index (χ0n) is 10.4. The number of hydrazine groups is 1. The van der Waals surface area contributed by atoms with Gasteiger partial charge in [-0.05, 0) is 31.2 Å². The van der Waals surface area contributed by atoms with Gasteiger partial charge in [-0.15, -0.1) is 0 Å². The maximum Gasteiger partial charge on any atom is 0.337 e. The molecule has 2 aromatic rings. The lowest BCUT2D eigenvalue weighted by molar-refractivity contribution is 0.254. The van der Waals surface area contributed by atoms with Crippen molar-refractivity contribution in [3.05, 3.63) is 59.1 Å². The molecular weight excluding hydrogens is 262 g/mol. The summed E-state index contributed by atoms with van der Waals surface area (Å²) in [5.74, 6) is 0. The molecule has 0 aliphatic heterocycles. The Kier molecular flexibility index (Phi) is 4.26. The molecule has 2 aromatic carbocycles. The molecule has 0 fully saturated rings. The predicted octanol–water partition coefficient (Wildman–Crippen LogP) is 3.80. The maximum atomic E-state index is 11.7. The highest BCUT2D eigenvalue weighted by molar-refractivity contribution is 6.33. The first-order valence-corrected chi connectivity index (χ1v) is 6.17. The standard InChI is InChI=1S/C14H14ClN3O/c1-10-6-8-11(9-7-10)16-14(19)18-17-13-5-3-2-4-12(13)15/h2-9,17H,1H3,(H2,16,18,19). The first kappa shape index (κ1) is 13.2. The summed E-state index contributed by atoms with van der Waals surface area (Å²) in [4.78, 5) is 11.7. The van der Waals surface area contributed by atoms with Crippen LogP contribution in [-0.4, -0.2) is 6.03 Å². The van der Waals surface area contributed by atoms with Gasteiger partial charge in [0.05, 0.1) is 10.7 Å². The molecule has 0 aromatic heterocycles. The molecule has 0 radical (unpaired) electrons. The van der Waals surface area contributed by atoms with E-state index in [-0.39, 0.29) is 6.03 Å². The topological polar surface area (TPSA) is 53.2 Å². The average molecular weight is 276 g/mol. The Morgan fingerprint density at radius 1 is 1.05 bits per heavy atom. The summed E-state index contributed by atoms with van der Waals surface area (Å²) in [7, 11) is 0. The molecule has 3 N–H and O–H groups in total. The molecule has 4 nitrogen and oxygen atoms in total. The summed E-state index contributed by atoms with van der Waals surface area (Å²) >= 11 is 5.95. The molecule has 0 spiro atoms. The Bertz CT molecular complexity index is 569. The number of carbonyl (C=O) groups excluding carboxylic acids is 1. The lowest BCUT2D eigenvalue weighted by Gasteiger charge is -2.11. The quantitative estimate of drug-likeness (QED) is 0.747. The molecule has 0 bridgehead atoms. The van der Waals surface area contributed by atoms with Crippen molar-refractivity contribution in [2.45, 2.75) is 6.92 Å². The Morgan fingerprint density at radius 3 is 2.42 bits per heavy atom. The van der Waals surface area contributed by atoms with Crippen LogP contribution >= 0.6 is 11.6 Å². The fourth-order valence-corrected chi connectivity index (χ4v) is 1.67. The van der Waals surface area contributed by atoms with Gasteiger partial charge in [0.1, 0.15) is 0 Å². The van der Waals surface area contributed by atoms with Crippen molar-refractivity contribution < 1.29 is 4.79 Å².